The highest BCUT2D eigenvalue weighted by Gasteiger charge is 2.35. The fourth-order valence-corrected chi connectivity index (χ4v) is 2.73. The molecular formula is C15H16N2O3. The lowest BCUT2D eigenvalue weighted by molar-refractivity contribution is -0.148. The minimum absolute atomic E-state index is 0.262. The van der Waals surface area contributed by atoms with Gasteiger partial charge in [0.1, 0.15) is 0 Å². The number of rotatable bonds is 2. The molecule has 0 saturated carbocycles. The standard InChI is InChI=1S/C15H16N2O3/c1-2-20-15(19)12-13-10(7-8-16-14(12)18)9-5-3-4-6-11(9)17-13/h3-6,12,17H,2,7-8H2,1H3,(H,16,18). The maximum Gasteiger partial charge on any atom is 0.324 e. The zero-order chi connectivity index (χ0) is 14.1. The summed E-state index contributed by atoms with van der Waals surface area (Å²) in [5.41, 5.74) is 2.64. The summed E-state index contributed by atoms with van der Waals surface area (Å²) in [7, 11) is 0. The molecule has 104 valence electrons. The number of aromatic nitrogens is 1. The molecule has 0 radical (unpaired) electrons. The molecule has 2 N–H and O–H groups in total. The highest BCUT2D eigenvalue weighted by molar-refractivity contribution is 6.05. The van der Waals surface area contributed by atoms with Gasteiger partial charge in [0.15, 0.2) is 5.92 Å². The molecule has 5 heteroatoms. The molecule has 2 aromatic rings. The van der Waals surface area contributed by atoms with Crippen molar-refractivity contribution in [3.63, 3.8) is 0 Å². The van der Waals surface area contributed by atoms with Gasteiger partial charge in [0, 0.05) is 23.1 Å². The van der Waals surface area contributed by atoms with E-state index < -0.39 is 11.9 Å². The van der Waals surface area contributed by atoms with Crippen molar-refractivity contribution in [1.82, 2.24) is 10.3 Å². The number of para-hydroxylation sites is 1. The van der Waals surface area contributed by atoms with E-state index in [1.165, 1.54) is 0 Å². The van der Waals surface area contributed by atoms with Gasteiger partial charge in [-0.25, -0.2) is 0 Å². The summed E-state index contributed by atoms with van der Waals surface area (Å²) in [5, 5.41) is 3.84. The molecule has 1 unspecified atom stereocenters. The first-order valence-corrected chi connectivity index (χ1v) is 6.76. The SMILES string of the molecule is CCOC(=O)C1C(=O)NCCc2c1[nH]c1ccccc21. The molecule has 5 nitrogen and oxygen atoms in total. The van der Waals surface area contributed by atoms with Crippen LogP contribution < -0.4 is 5.32 Å². The number of benzene rings is 1. The van der Waals surface area contributed by atoms with Gasteiger partial charge < -0.3 is 15.0 Å². The maximum absolute atomic E-state index is 12.1. The topological polar surface area (TPSA) is 71.2 Å². The smallest absolute Gasteiger partial charge is 0.324 e. The molecule has 1 aromatic carbocycles. The Hall–Kier alpha value is -2.30. The van der Waals surface area contributed by atoms with E-state index in [2.05, 4.69) is 10.3 Å². The Kier molecular flexibility index (Phi) is 3.18. The van der Waals surface area contributed by atoms with E-state index in [9.17, 15) is 9.59 Å². The molecule has 0 bridgehead atoms. The van der Waals surface area contributed by atoms with Crippen LogP contribution in [0.1, 0.15) is 24.1 Å². The molecule has 0 saturated heterocycles. The van der Waals surface area contributed by atoms with Crippen LogP contribution in [0.2, 0.25) is 0 Å². The molecule has 20 heavy (non-hydrogen) atoms. The number of carbonyl (C=O) groups is 2. The second kappa shape index (κ2) is 5.00. The summed E-state index contributed by atoms with van der Waals surface area (Å²) < 4.78 is 5.04. The predicted octanol–water partition coefficient (Wildman–Crippen LogP) is 1.49. The van der Waals surface area contributed by atoms with Gasteiger partial charge in [-0.2, -0.15) is 0 Å². The lowest BCUT2D eigenvalue weighted by Gasteiger charge is -2.12. The first kappa shape index (κ1) is 12.7. The Balaban J connectivity index is 2.16. The van der Waals surface area contributed by atoms with Crippen molar-refractivity contribution in [3.8, 4) is 0 Å². The normalized spacial score (nSPS) is 18.2. The van der Waals surface area contributed by atoms with Gasteiger partial charge in [0.2, 0.25) is 5.91 Å². The third-order valence-electron chi connectivity index (χ3n) is 3.59. The van der Waals surface area contributed by atoms with E-state index in [0.717, 1.165) is 16.5 Å². The molecular weight excluding hydrogens is 256 g/mol. The average Bonchev–Trinajstić information content (AvgIpc) is 2.70. The van der Waals surface area contributed by atoms with Crippen LogP contribution in [0.3, 0.4) is 0 Å². The van der Waals surface area contributed by atoms with E-state index in [4.69, 9.17) is 4.74 Å². The number of ether oxygens (including phenoxy) is 1. The van der Waals surface area contributed by atoms with E-state index in [1.807, 2.05) is 24.3 Å². The molecule has 1 aliphatic heterocycles. The summed E-state index contributed by atoms with van der Waals surface area (Å²) in [4.78, 5) is 27.5. The van der Waals surface area contributed by atoms with Crippen LogP contribution >= 0.6 is 0 Å². The number of amides is 1. The summed E-state index contributed by atoms with van der Waals surface area (Å²) in [6, 6.07) is 7.83. The van der Waals surface area contributed by atoms with Crippen LogP contribution in [0.25, 0.3) is 10.9 Å². The first-order chi connectivity index (χ1) is 9.72. The van der Waals surface area contributed by atoms with Gasteiger partial charge in [-0.05, 0) is 25.0 Å². The van der Waals surface area contributed by atoms with Crippen molar-refractivity contribution in [2.45, 2.75) is 19.3 Å². The summed E-state index contributed by atoms with van der Waals surface area (Å²) in [6.45, 7) is 2.53. The Morgan fingerprint density at radius 2 is 2.20 bits per heavy atom. The van der Waals surface area contributed by atoms with Crippen LogP contribution in [-0.4, -0.2) is 30.0 Å². The molecule has 2 heterocycles. The molecule has 0 aliphatic carbocycles. The van der Waals surface area contributed by atoms with Crippen molar-refractivity contribution >= 4 is 22.8 Å². The predicted molar refractivity (Wildman–Crippen MR) is 74.4 cm³/mol. The zero-order valence-corrected chi connectivity index (χ0v) is 11.2. The number of fused-ring (bicyclic) bond motifs is 3. The van der Waals surface area contributed by atoms with E-state index >= 15 is 0 Å². The van der Waals surface area contributed by atoms with Crippen molar-refractivity contribution in [2.75, 3.05) is 13.2 Å². The van der Waals surface area contributed by atoms with Gasteiger partial charge >= 0.3 is 5.97 Å². The molecule has 1 aromatic heterocycles. The van der Waals surface area contributed by atoms with Crippen LogP contribution in [-0.2, 0) is 20.7 Å². The fraction of sp³-hybridized carbons (Fsp3) is 0.333. The first-order valence-electron chi connectivity index (χ1n) is 6.76. The van der Waals surface area contributed by atoms with E-state index in [1.54, 1.807) is 6.92 Å². The number of esters is 1. The van der Waals surface area contributed by atoms with Gasteiger partial charge in [-0.15, -0.1) is 0 Å². The van der Waals surface area contributed by atoms with Crippen LogP contribution in [0, 0.1) is 0 Å². The zero-order valence-electron chi connectivity index (χ0n) is 11.2. The highest BCUT2D eigenvalue weighted by atomic mass is 16.5. The minimum Gasteiger partial charge on any atom is -0.465 e. The number of hydrogen-bond acceptors (Lipinski definition) is 3. The average molecular weight is 272 g/mol. The van der Waals surface area contributed by atoms with Gasteiger partial charge in [-0.1, -0.05) is 18.2 Å². The molecule has 1 atom stereocenters. The summed E-state index contributed by atoms with van der Waals surface area (Å²) in [6.07, 6.45) is 0.709. The van der Waals surface area contributed by atoms with Crippen molar-refractivity contribution in [1.29, 1.82) is 0 Å². The number of nitrogens with one attached hydrogen (secondary N) is 2. The van der Waals surface area contributed by atoms with Crippen molar-refractivity contribution in [3.05, 3.63) is 35.5 Å². The lowest BCUT2D eigenvalue weighted by atomic mass is 9.99. The number of H-pyrrole nitrogens is 1. The van der Waals surface area contributed by atoms with E-state index in [0.29, 0.717) is 18.7 Å². The highest BCUT2D eigenvalue weighted by Crippen LogP contribution is 2.30. The number of carbonyl (C=O) groups excluding carboxylic acids is 2. The van der Waals surface area contributed by atoms with Crippen LogP contribution in [0.15, 0.2) is 24.3 Å². The Bertz CT molecular complexity index is 675. The van der Waals surface area contributed by atoms with Crippen LogP contribution in [0.5, 0.6) is 0 Å². The van der Waals surface area contributed by atoms with Crippen molar-refractivity contribution in [2.24, 2.45) is 0 Å². The number of aromatic amines is 1. The second-order valence-corrected chi connectivity index (χ2v) is 4.79. The third kappa shape index (κ3) is 1.95. The monoisotopic (exact) mass is 272 g/mol. The minimum atomic E-state index is -0.903. The van der Waals surface area contributed by atoms with E-state index in [-0.39, 0.29) is 12.5 Å². The van der Waals surface area contributed by atoms with Crippen molar-refractivity contribution < 1.29 is 14.3 Å². The van der Waals surface area contributed by atoms with Gasteiger partial charge in [0.05, 0.1) is 6.61 Å². The third-order valence-corrected chi connectivity index (χ3v) is 3.59. The van der Waals surface area contributed by atoms with Crippen LogP contribution in [0.4, 0.5) is 0 Å². The molecule has 1 amide bonds. The maximum atomic E-state index is 12.1. The quantitative estimate of drug-likeness (QED) is 0.642. The molecule has 1 aliphatic rings. The van der Waals surface area contributed by atoms with Gasteiger partial charge in [-0.3, -0.25) is 9.59 Å². The summed E-state index contributed by atoms with van der Waals surface area (Å²) in [5.74, 6) is -1.70. The fourth-order valence-electron chi connectivity index (χ4n) is 2.73. The Morgan fingerprint density at radius 1 is 1.40 bits per heavy atom. The lowest BCUT2D eigenvalue weighted by Crippen LogP contribution is -2.33. The Morgan fingerprint density at radius 3 is 3.00 bits per heavy atom. The second-order valence-electron chi connectivity index (χ2n) is 4.79. The van der Waals surface area contributed by atoms with Gasteiger partial charge in [0.25, 0.3) is 0 Å². The molecule has 0 spiro atoms. The Labute approximate surface area is 116 Å². The number of hydrogen-bond donors (Lipinski definition) is 2. The summed E-state index contributed by atoms with van der Waals surface area (Å²) >= 11 is 0. The molecule has 3 rings (SSSR count). The molecule has 0 fully saturated rings. The largest absolute Gasteiger partial charge is 0.465 e.